The maximum Gasteiger partial charge on any atom is 0.293 e. The average molecular weight is 979 g/mol. The van der Waals surface area contributed by atoms with Gasteiger partial charge >= 0.3 is 0 Å². The van der Waals surface area contributed by atoms with Crippen molar-refractivity contribution in [3.05, 3.63) is 117 Å². The topological polar surface area (TPSA) is 177 Å². The predicted molar refractivity (Wildman–Crippen MR) is 264 cm³/mol. The molecule has 2 fully saturated rings. The molecule has 66 heavy (non-hydrogen) atoms. The summed E-state index contributed by atoms with van der Waals surface area (Å²) < 4.78 is 43.9. The van der Waals surface area contributed by atoms with Crippen molar-refractivity contribution in [2.24, 2.45) is 5.41 Å². The van der Waals surface area contributed by atoms with Gasteiger partial charge in [0.15, 0.2) is 0 Å². The van der Waals surface area contributed by atoms with Crippen molar-refractivity contribution < 1.29 is 27.4 Å². The highest BCUT2D eigenvalue weighted by Crippen LogP contribution is 2.52. The first-order chi connectivity index (χ1) is 31.5. The van der Waals surface area contributed by atoms with E-state index in [2.05, 4.69) is 55.8 Å². The van der Waals surface area contributed by atoms with Crippen LogP contribution in [0.2, 0.25) is 5.02 Å². The van der Waals surface area contributed by atoms with Crippen molar-refractivity contribution in [1.29, 1.82) is 0 Å². The van der Waals surface area contributed by atoms with Gasteiger partial charge in [-0.05, 0) is 90.4 Å². The van der Waals surface area contributed by atoms with Crippen LogP contribution < -0.4 is 14.9 Å². The molecule has 350 valence electrons. The Morgan fingerprint density at radius 2 is 1.79 bits per heavy atom. The number of nitrogens with zero attached hydrogens (tertiary/aromatic N) is 5. The Balaban J connectivity index is 0.988. The molecule has 0 radical (unpaired) electrons. The quantitative estimate of drug-likeness (QED) is 0.0446. The van der Waals surface area contributed by atoms with Crippen molar-refractivity contribution in [1.82, 2.24) is 24.5 Å². The molecule has 4 N–H and O–H groups in total. The normalized spacial score (nSPS) is 18.6. The van der Waals surface area contributed by atoms with Gasteiger partial charge in [-0.25, -0.2) is 22.5 Å². The largest absolute Gasteiger partial charge is 0.378 e. The van der Waals surface area contributed by atoms with Crippen LogP contribution in [0.15, 0.2) is 105 Å². The van der Waals surface area contributed by atoms with E-state index in [4.69, 9.17) is 11.6 Å². The van der Waals surface area contributed by atoms with Gasteiger partial charge in [0.25, 0.3) is 21.6 Å². The van der Waals surface area contributed by atoms with E-state index >= 15 is 0 Å². The highest BCUT2D eigenvalue weighted by molar-refractivity contribution is 7.99. The van der Waals surface area contributed by atoms with Gasteiger partial charge in [-0.15, -0.1) is 0 Å². The van der Waals surface area contributed by atoms with Gasteiger partial charge in [0.05, 0.1) is 40.4 Å². The van der Waals surface area contributed by atoms with E-state index in [1.807, 2.05) is 48.0 Å². The number of alkyl halides is 1. The zero-order valence-electron chi connectivity index (χ0n) is 37.3. The predicted octanol–water partition coefficient (Wildman–Crippen LogP) is 8.80. The molecule has 1 aliphatic carbocycles. The number of amides is 1. The first-order valence-electron chi connectivity index (χ1n) is 22.1. The summed E-state index contributed by atoms with van der Waals surface area (Å²) in [6, 6.07) is 20.1. The number of halogens is 2. The van der Waals surface area contributed by atoms with Crippen molar-refractivity contribution in [3.8, 4) is 0 Å². The van der Waals surface area contributed by atoms with Gasteiger partial charge in [0.2, 0.25) is 0 Å². The van der Waals surface area contributed by atoms with Crippen molar-refractivity contribution in [2.75, 3.05) is 88.2 Å². The van der Waals surface area contributed by atoms with Gasteiger partial charge in [0, 0.05) is 96.7 Å². The lowest BCUT2D eigenvalue weighted by Crippen LogP contribution is -2.47. The second-order valence-corrected chi connectivity index (χ2v) is 25.3. The van der Waals surface area contributed by atoms with E-state index in [-0.39, 0.29) is 23.2 Å². The number of aromatic nitrogens is 2. The van der Waals surface area contributed by atoms with Crippen LogP contribution in [0, 0.1) is 15.5 Å². The molecule has 1 atom stereocenters. The van der Waals surface area contributed by atoms with Crippen LogP contribution in [0.3, 0.4) is 0 Å². The molecule has 2 aromatic heterocycles. The second-order valence-electron chi connectivity index (χ2n) is 18.4. The minimum Gasteiger partial charge on any atom is -0.378 e. The number of carbonyl (C=O) groups is 1. The Morgan fingerprint density at radius 3 is 2.50 bits per heavy atom. The number of allylic oxidation sites excluding steroid dienone is 1. The van der Waals surface area contributed by atoms with E-state index in [0.29, 0.717) is 36.0 Å². The first-order valence-corrected chi connectivity index (χ1v) is 27.4. The van der Waals surface area contributed by atoms with Gasteiger partial charge < -0.3 is 15.2 Å². The van der Waals surface area contributed by atoms with Crippen LogP contribution in [0.1, 0.15) is 49.0 Å². The van der Waals surface area contributed by atoms with E-state index in [0.717, 1.165) is 79.0 Å². The minimum absolute atomic E-state index is 0.0150. The Morgan fingerprint density at radius 1 is 1.05 bits per heavy atom. The molecule has 0 spiro atoms. The number of hydrogen-bond donors (Lipinski definition) is 4. The molecule has 0 saturated carbocycles. The molecule has 5 aromatic rings. The number of nitro groups is 1. The number of fused-ring (bicyclic) bond motifs is 1. The summed E-state index contributed by atoms with van der Waals surface area (Å²) in [6.45, 7) is 10.9. The van der Waals surface area contributed by atoms with Gasteiger partial charge in [0.1, 0.15) is 25.5 Å². The lowest BCUT2D eigenvalue weighted by Gasteiger charge is -2.39. The monoisotopic (exact) mass is 977 g/mol. The summed E-state index contributed by atoms with van der Waals surface area (Å²) >= 11 is 7.54. The molecule has 14 nitrogen and oxygen atoms in total. The molecule has 3 aromatic carbocycles. The standard InChI is InChI=1S/C47H55ClFN8O6PS2/c1-47(2)14-12-34(41(27-47)32-4-6-35(48)7-5-32)31-54-16-18-55(19-17-54)36-8-10-40(44(25-36)65-38-24-33-13-15-50-45(33)52-30-38)46(58)53-66(62,63)39-9-11-42(43(26-39)57(59)60)51-29-37(28-49)56-20-22-64(3,61)23-21-56/h4-11,13,15,24-26,30,37,51,61H,12,14,16-23,27-29,31H2,1-3H3,(H-,50,52,53,58)/p+1. The molecule has 2 aliphatic heterocycles. The third-order valence-corrected chi connectivity index (χ3v) is 17.9. The third-order valence-electron chi connectivity index (χ3n) is 13.0. The van der Waals surface area contributed by atoms with Gasteiger partial charge in [-0.2, -0.15) is 0 Å². The fourth-order valence-corrected chi connectivity index (χ4v) is 12.7. The zero-order valence-corrected chi connectivity index (χ0v) is 40.6. The lowest BCUT2D eigenvalue weighted by atomic mass is 9.72. The SMILES string of the molecule is CC1(C)CCC(CN2CCN(c3ccc(C(=O)NS(=O)(=O)c4ccc(NCC(CF)N5CC[P+](C)(O)CC5)c([N+](=O)[O-])c4)c(Sc4cnc5[nH]ccc5c4)c3)CC2)=C(c2ccc(Cl)cc2)C1. The number of H-pyrrole nitrogens is 1. The van der Waals surface area contributed by atoms with Gasteiger partial charge in [-0.3, -0.25) is 29.6 Å². The van der Waals surface area contributed by atoms with Crippen LogP contribution in [0.25, 0.3) is 16.6 Å². The molecule has 0 bridgehead atoms. The minimum atomic E-state index is -4.61. The van der Waals surface area contributed by atoms with E-state index in [9.17, 15) is 32.6 Å². The van der Waals surface area contributed by atoms with Gasteiger partial charge in [-0.1, -0.05) is 54.9 Å². The number of hydrogen-bond acceptors (Lipinski definition) is 12. The van der Waals surface area contributed by atoms with Crippen molar-refractivity contribution in [3.63, 3.8) is 0 Å². The first kappa shape index (κ1) is 47.9. The maximum atomic E-state index is 14.2. The summed E-state index contributed by atoms with van der Waals surface area (Å²) in [5.41, 5.74) is 5.50. The summed E-state index contributed by atoms with van der Waals surface area (Å²) in [6.07, 6.45) is 7.83. The summed E-state index contributed by atoms with van der Waals surface area (Å²) in [5.74, 6) is -0.899. The molecule has 2 saturated heterocycles. The van der Waals surface area contributed by atoms with Crippen LogP contribution in [-0.2, 0) is 10.0 Å². The highest BCUT2D eigenvalue weighted by Gasteiger charge is 2.37. The molecule has 3 aliphatic rings. The lowest BCUT2D eigenvalue weighted by molar-refractivity contribution is -0.384. The number of pyridine rings is 1. The Labute approximate surface area is 395 Å². The second kappa shape index (κ2) is 19.9. The van der Waals surface area contributed by atoms with Crippen molar-refractivity contribution in [2.45, 2.75) is 53.8 Å². The van der Waals surface area contributed by atoms with E-state index in [1.54, 1.807) is 18.5 Å². The maximum absolute atomic E-state index is 14.2. The van der Waals surface area contributed by atoms with Crippen LogP contribution in [0.5, 0.6) is 0 Å². The number of rotatable bonds is 15. The fraction of sp³-hybridized carbons (Fsp3) is 0.404. The Kier molecular flexibility index (Phi) is 14.5. The number of carbonyl (C=O) groups excluding carboxylic acids is 1. The fourth-order valence-electron chi connectivity index (χ4n) is 8.98. The molecule has 4 heterocycles. The zero-order chi connectivity index (χ0) is 46.8. The van der Waals surface area contributed by atoms with Crippen LogP contribution in [0.4, 0.5) is 21.5 Å². The number of anilines is 2. The van der Waals surface area contributed by atoms with E-state index in [1.165, 1.54) is 40.6 Å². The van der Waals surface area contributed by atoms with Crippen LogP contribution in [-0.4, -0.2) is 128 Å². The number of sulfonamides is 1. The highest BCUT2D eigenvalue weighted by atomic mass is 35.5. The number of nitro benzene ring substituents is 1. The molecular weight excluding hydrogens is 922 g/mol. The number of nitrogens with one attached hydrogen (secondary N) is 3. The number of piperazine rings is 1. The smallest absolute Gasteiger partial charge is 0.293 e. The summed E-state index contributed by atoms with van der Waals surface area (Å²) in [5, 5.41) is 16.8. The summed E-state index contributed by atoms with van der Waals surface area (Å²) in [4.78, 5) is 51.1. The van der Waals surface area contributed by atoms with Crippen LogP contribution >= 0.6 is 30.9 Å². The molecule has 1 amide bonds. The Bertz CT molecular complexity index is 2740. The third kappa shape index (κ3) is 11.4. The molecule has 19 heteroatoms. The number of benzene rings is 3. The molecule has 1 unspecified atom stereocenters. The van der Waals surface area contributed by atoms with Crippen molar-refractivity contribution >= 4 is 80.5 Å². The Hall–Kier alpha value is -4.61. The molecule has 8 rings (SSSR count). The average Bonchev–Trinajstić information content (AvgIpc) is 3.76. The van der Waals surface area contributed by atoms with E-state index < -0.39 is 51.6 Å². The summed E-state index contributed by atoms with van der Waals surface area (Å²) in [7, 11) is -6.61. The number of aromatic amines is 1. The molecular formula is C47H56ClFN8O6PS2+.